The van der Waals surface area contributed by atoms with E-state index in [2.05, 4.69) is 4.99 Å². The first-order chi connectivity index (χ1) is 15.4. The maximum atomic E-state index is 12.9. The molecule has 0 aromatic heterocycles. The van der Waals surface area contributed by atoms with E-state index in [0.29, 0.717) is 41.9 Å². The molecule has 1 N–H and O–H groups in total. The van der Waals surface area contributed by atoms with Crippen molar-refractivity contribution in [1.82, 2.24) is 4.90 Å². The highest BCUT2D eigenvalue weighted by molar-refractivity contribution is 8.15. The van der Waals surface area contributed by atoms with Gasteiger partial charge in [-0.05, 0) is 55.3 Å². The standard InChI is InChI=1S/C23H26N2O6S/c1-4-31-17-8-6-16(7-9-17)24-23-25(22(28)20(32-23)14-21(26)27)12-11-15-5-10-18(29-2)19(13-15)30-3/h5-10,13,20H,4,11-12,14H2,1-3H3,(H,26,27). The Labute approximate surface area is 191 Å². The molecule has 0 saturated carbocycles. The Balaban J connectivity index is 1.81. The number of amides is 1. The Hall–Kier alpha value is -3.20. The quantitative estimate of drug-likeness (QED) is 0.579. The predicted octanol–water partition coefficient (Wildman–Crippen LogP) is 3.75. The van der Waals surface area contributed by atoms with Gasteiger partial charge in [0, 0.05) is 6.54 Å². The molecule has 9 heteroatoms. The molecule has 1 unspecified atom stereocenters. The zero-order valence-corrected chi connectivity index (χ0v) is 19.1. The second kappa shape index (κ2) is 10.9. The molecule has 1 atom stereocenters. The van der Waals surface area contributed by atoms with Crippen molar-refractivity contribution in [2.45, 2.75) is 25.0 Å². The first-order valence-corrected chi connectivity index (χ1v) is 11.1. The third-order valence-electron chi connectivity index (χ3n) is 4.82. The lowest BCUT2D eigenvalue weighted by molar-refractivity contribution is -0.139. The Bertz CT molecular complexity index is 992. The summed E-state index contributed by atoms with van der Waals surface area (Å²) in [4.78, 5) is 30.3. The number of hydrogen-bond acceptors (Lipinski definition) is 7. The van der Waals surface area contributed by atoms with Gasteiger partial charge in [0.2, 0.25) is 5.91 Å². The van der Waals surface area contributed by atoms with Gasteiger partial charge in [-0.25, -0.2) is 4.99 Å². The summed E-state index contributed by atoms with van der Waals surface area (Å²) in [6, 6.07) is 12.8. The van der Waals surface area contributed by atoms with E-state index < -0.39 is 11.2 Å². The van der Waals surface area contributed by atoms with E-state index in [0.717, 1.165) is 11.3 Å². The molecule has 1 heterocycles. The van der Waals surface area contributed by atoms with E-state index >= 15 is 0 Å². The minimum Gasteiger partial charge on any atom is -0.494 e. The number of carboxylic acids is 1. The van der Waals surface area contributed by atoms with Crippen molar-refractivity contribution >= 4 is 34.5 Å². The molecule has 1 amide bonds. The van der Waals surface area contributed by atoms with Gasteiger partial charge in [0.25, 0.3) is 0 Å². The van der Waals surface area contributed by atoms with Gasteiger partial charge in [-0.15, -0.1) is 0 Å². The van der Waals surface area contributed by atoms with Crippen LogP contribution in [0.3, 0.4) is 0 Å². The third kappa shape index (κ3) is 5.73. The number of thioether (sulfide) groups is 1. The molecule has 1 aliphatic rings. The Morgan fingerprint density at radius 1 is 1.12 bits per heavy atom. The van der Waals surface area contributed by atoms with E-state index in [9.17, 15) is 14.7 Å². The fraction of sp³-hybridized carbons (Fsp3) is 0.348. The first-order valence-electron chi connectivity index (χ1n) is 10.2. The molecule has 0 bridgehead atoms. The van der Waals surface area contributed by atoms with Gasteiger partial charge in [-0.2, -0.15) is 0 Å². The Morgan fingerprint density at radius 2 is 1.84 bits per heavy atom. The van der Waals surface area contributed by atoms with Gasteiger partial charge < -0.3 is 19.3 Å². The van der Waals surface area contributed by atoms with Crippen molar-refractivity contribution < 1.29 is 28.9 Å². The molecule has 8 nitrogen and oxygen atoms in total. The maximum absolute atomic E-state index is 12.9. The predicted molar refractivity (Wildman–Crippen MR) is 123 cm³/mol. The van der Waals surface area contributed by atoms with Gasteiger partial charge in [-0.3, -0.25) is 14.5 Å². The molecular formula is C23H26N2O6S. The number of aliphatic imine (C=N–C) groups is 1. The van der Waals surface area contributed by atoms with Crippen LogP contribution >= 0.6 is 11.8 Å². The van der Waals surface area contributed by atoms with Gasteiger partial charge in [-0.1, -0.05) is 17.8 Å². The number of rotatable bonds is 10. The minimum absolute atomic E-state index is 0.248. The molecule has 1 saturated heterocycles. The van der Waals surface area contributed by atoms with Crippen LogP contribution in [-0.4, -0.2) is 59.7 Å². The molecule has 1 fully saturated rings. The van der Waals surface area contributed by atoms with Gasteiger partial charge >= 0.3 is 5.97 Å². The molecule has 170 valence electrons. The summed E-state index contributed by atoms with van der Waals surface area (Å²) in [7, 11) is 3.14. The molecule has 0 aliphatic carbocycles. The third-order valence-corrected chi connectivity index (χ3v) is 6.00. The second-order valence-corrected chi connectivity index (χ2v) is 8.12. The lowest BCUT2D eigenvalue weighted by Crippen LogP contribution is -2.34. The number of amidine groups is 1. The SMILES string of the molecule is CCOc1ccc(N=C2SC(CC(=O)O)C(=O)N2CCc2ccc(OC)c(OC)c2)cc1. The summed E-state index contributed by atoms with van der Waals surface area (Å²) in [6.07, 6.45) is 0.299. The number of methoxy groups -OCH3 is 2. The second-order valence-electron chi connectivity index (χ2n) is 6.95. The van der Waals surface area contributed by atoms with E-state index in [1.807, 2.05) is 37.3 Å². The number of carbonyl (C=O) groups excluding carboxylic acids is 1. The van der Waals surface area contributed by atoms with E-state index in [-0.39, 0.29) is 12.3 Å². The monoisotopic (exact) mass is 458 g/mol. The van der Waals surface area contributed by atoms with Crippen LogP contribution in [0.1, 0.15) is 18.9 Å². The number of carboxylic acid groups (broad SMARTS) is 1. The van der Waals surface area contributed by atoms with E-state index in [1.54, 1.807) is 31.3 Å². The highest BCUT2D eigenvalue weighted by Gasteiger charge is 2.39. The number of aliphatic carboxylic acids is 1. The molecular weight excluding hydrogens is 432 g/mol. The fourth-order valence-corrected chi connectivity index (χ4v) is 4.44. The lowest BCUT2D eigenvalue weighted by atomic mass is 10.1. The van der Waals surface area contributed by atoms with Gasteiger partial charge in [0.1, 0.15) is 11.0 Å². The van der Waals surface area contributed by atoms with Crippen molar-refractivity contribution in [1.29, 1.82) is 0 Å². The molecule has 32 heavy (non-hydrogen) atoms. The van der Waals surface area contributed by atoms with Crippen molar-refractivity contribution in [2.75, 3.05) is 27.4 Å². The largest absolute Gasteiger partial charge is 0.494 e. The smallest absolute Gasteiger partial charge is 0.305 e. The number of hydrogen-bond donors (Lipinski definition) is 1. The zero-order valence-electron chi connectivity index (χ0n) is 18.2. The molecule has 1 aliphatic heterocycles. The van der Waals surface area contributed by atoms with Crippen LogP contribution in [-0.2, 0) is 16.0 Å². The highest BCUT2D eigenvalue weighted by Crippen LogP contribution is 2.33. The summed E-state index contributed by atoms with van der Waals surface area (Å²) in [5.74, 6) is 0.712. The number of nitrogens with zero attached hydrogens (tertiary/aromatic N) is 2. The Kier molecular flexibility index (Phi) is 7.99. The van der Waals surface area contributed by atoms with Crippen LogP contribution in [0.25, 0.3) is 0 Å². The van der Waals surface area contributed by atoms with Crippen LogP contribution in [0, 0.1) is 0 Å². The summed E-state index contributed by atoms with van der Waals surface area (Å²) < 4.78 is 16.1. The number of carbonyl (C=O) groups is 2. The zero-order chi connectivity index (χ0) is 23.1. The summed E-state index contributed by atoms with van der Waals surface area (Å²) >= 11 is 1.18. The minimum atomic E-state index is -1.02. The van der Waals surface area contributed by atoms with Crippen LogP contribution in [0.4, 0.5) is 5.69 Å². The van der Waals surface area contributed by atoms with Crippen LogP contribution < -0.4 is 14.2 Å². The maximum Gasteiger partial charge on any atom is 0.305 e. The van der Waals surface area contributed by atoms with Crippen molar-refractivity contribution in [3.63, 3.8) is 0 Å². The number of benzene rings is 2. The average Bonchev–Trinajstić information content (AvgIpc) is 3.06. The topological polar surface area (TPSA) is 97.7 Å². The molecule has 0 radical (unpaired) electrons. The molecule has 0 spiro atoms. The first kappa shape index (κ1) is 23.5. The van der Waals surface area contributed by atoms with Crippen LogP contribution in [0.5, 0.6) is 17.2 Å². The van der Waals surface area contributed by atoms with E-state index in [4.69, 9.17) is 14.2 Å². The molecule has 3 rings (SSSR count). The highest BCUT2D eigenvalue weighted by atomic mass is 32.2. The normalized spacial score (nSPS) is 17.0. The van der Waals surface area contributed by atoms with Crippen molar-refractivity contribution in [3.05, 3.63) is 48.0 Å². The summed E-state index contributed by atoms with van der Waals surface area (Å²) in [5.41, 5.74) is 1.62. The van der Waals surface area contributed by atoms with Crippen LogP contribution in [0.2, 0.25) is 0 Å². The van der Waals surface area contributed by atoms with Crippen LogP contribution in [0.15, 0.2) is 47.5 Å². The van der Waals surface area contributed by atoms with Crippen molar-refractivity contribution in [3.8, 4) is 17.2 Å². The average molecular weight is 459 g/mol. The molecule has 2 aromatic carbocycles. The summed E-state index contributed by atoms with van der Waals surface area (Å²) in [5, 5.41) is 8.98. The van der Waals surface area contributed by atoms with Gasteiger partial charge in [0.15, 0.2) is 16.7 Å². The Morgan fingerprint density at radius 3 is 2.47 bits per heavy atom. The van der Waals surface area contributed by atoms with E-state index in [1.165, 1.54) is 11.8 Å². The number of ether oxygens (including phenoxy) is 3. The lowest BCUT2D eigenvalue weighted by Gasteiger charge is -2.17. The summed E-state index contributed by atoms with van der Waals surface area (Å²) in [6.45, 7) is 2.85. The fourth-order valence-electron chi connectivity index (χ4n) is 3.26. The molecule has 2 aromatic rings. The van der Waals surface area contributed by atoms with Crippen molar-refractivity contribution in [2.24, 2.45) is 4.99 Å². The van der Waals surface area contributed by atoms with Gasteiger partial charge in [0.05, 0.1) is 32.9 Å².